The van der Waals surface area contributed by atoms with Crippen molar-refractivity contribution in [1.82, 2.24) is 14.8 Å². The topological polar surface area (TPSA) is 33.6 Å². The molecule has 1 aromatic heterocycles. The molecule has 74 valence electrons. The Labute approximate surface area is 77.6 Å². The SMILES string of the molecule is CCCn1c(C(F)(F)F)n[nH]c1=S. The molecule has 1 aromatic rings. The summed E-state index contributed by atoms with van der Waals surface area (Å²) in [4.78, 5) is 0. The van der Waals surface area contributed by atoms with Crippen molar-refractivity contribution in [2.45, 2.75) is 26.1 Å². The number of aromatic nitrogens is 3. The summed E-state index contributed by atoms with van der Waals surface area (Å²) in [5.41, 5.74) is 0. The molecule has 0 fully saturated rings. The first-order valence-electron chi connectivity index (χ1n) is 3.69. The molecule has 1 N–H and O–H groups in total. The molecule has 0 radical (unpaired) electrons. The van der Waals surface area contributed by atoms with Crippen molar-refractivity contribution >= 4 is 12.2 Å². The predicted molar refractivity (Wildman–Crippen MR) is 42.7 cm³/mol. The smallest absolute Gasteiger partial charge is 0.297 e. The molecule has 0 saturated heterocycles. The number of hydrogen-bond acceptors (Lipinski definition) is 2. The Bertz CT molecular complexity index is 338. The van der Waals surface area contributed by atoms with E-state index in [1.807, 2.05) is 0 Å². The number of hydrogen-bond donors (Lipinski definition) is 1. The average Bonchev–Trinajstić information content (AvgIpc) is 2.32. The van der Waals surface area contributed by atoms with E-state index in [1.165, 1.54) is 0 Å². The summed E-state index contributed by atoms with van der Waals surface area (Å²) in [6, 6.07) is 0. The van der Waals surface area contributed by atoms with Crippen molar-refractivity contribution in [3.05, 3.63) is 10.6 Å². The lowest BCUT2D eigenvalue weighted by Crippen LogP contribution is -2.15. The Kier molecular flexibility index (Phi) is 2.74. The molecule has 0 aromatic carbocycles. The van der Waals surface area contributed by atoms with Gasteiger partial charge in [-0.1, -0.05) is 6.92 Å². The van der Waals surface area contributed by atoms with Gasteiger partial charge in [0, 0.05) is 6.54 Å². The molecule has 0 aliphatic rings. The maximum atomic E-state index is 12.2. The summed E-state index contributed by atoms with van der Waals surface area (Å²) in [6.07, 6.45) is -3.86. The fourth-order valence-electron chi connectivity index (χ4n) is 0.965. The van der Waals surface area contributed by atoms with Gasteiger partial charge < -0.3 is 0 Å². The second kappa shape index (κ2) is 3.49. The van der Waals surface area contributed by atoms with Crippen LogP contribution in [-0.2, 0) is 12.7 Å². The van der Waals surface area contributed by atoms with Gasteiger partial charge in [0.2, 0.25) is 5.82 Å². The number of rotatable bonds is 2. The minimum Gasteiger partial charge on any atom is -0.297 e. The van der Waals surface area contributed by atoms with Gasteiger partial charge in [-0.25, -0.2) is 0 Å². The summed E-state index contributed by atoms with van der Waals surface area (Å²) in [5, 5.41) is 5.25. The van der Waals surface area contributed by atoms with E-state index in [1.54, 1.807) is 6.92 Å². The Morgan fingerprint density at radius 2 is 2.15 bits per heavy atom. The van der Waals surface area contributed by atoms with Gasteiger partial charge in [-0.2, -0.15) is 13.2 Å². The molecule has 0 atom stereocenters. The maximum absolute atomic E-state index is 12.2. The van der Waals surface area contributed by atoms with Crippen LogP contribution in [0.1, 0.15) is 19.2 Å². The summed E-state index contributed by atoms with van der Waals surface area (Å²) >= 11 is 4.65. The number of alkyl halides is 3. The summed E-state index contributed by atoms with van der Waals surface area (Å²) < 4.78 is 37.7. The fraction of sp³-hybridized carbons (Fsp3) is 0.667. The Hall–Kier alpha value is -0.850. The molecule has 7 heteroatoms. The number of halogens is 3. The molecular formula is C6H8F3N3S. The summed E-state index contributed by atoms with van der Waals surface area (Å²) in [7, 11) is 0. The van der Waals surface area contributed by atoms with Gasteiger partial charge in [-0.3, -0.25) is 9.67 Å². The van der Waals surface area contributed by atoms with Gasteiger partial charge in [0.1, 0.15) is 0 Å². The van der Waals surface area contributed by atoms with E-state index >= 15 is 0 Å². The lowest BCUT2D eigenvalue weighted by atomic mass is 10.4. The molecule has 0 aliphatic carbocycles. The van der Waals surface area contributed by atoms with Gasteiger partial charge in [-0.05, 0) is 18.6 Å². The molecular weight excluding hydrogens is 203 g/mol. The molecule has 0 unspecified atom stereocenters. The highest BCUT2D eigenvalue weighted by molar-refractivity contribution is 7.71. The average molecular weight is 211 g/mol. The van der Waals surface area contributed by atoms with E-state index < -0.39 is 12.0 Å². The van der Waals surface area contributed by atoms with Crippen molar-refractivity contribution in [2.75, 3.05) is 0 Å². The van der Waals surface area contributed by atoms with Crippen molar-refractivity contribution < 1.29 is 13.2 Å². The first-order chi connectivity index (χ1) is 5.96. The largest absolute Gasteiger partial charge is 0.451 e. The minimum absolute atomic E-state index is 0.00850. The molecule has 0 saturated carbocycles. The van der Waals surface area contributed by atoms with E-state index in [2.05, 4.69) is 22.4 Å². The first kappa shape index (κ1) is 10.2. The van der Waals surface area contributed by atoms with Gasteiger partial charge in [0.15, 0.2) is 4.77 Å². The van der Waals surface area contributed by atoms with Crippen LogP contribution in [0.3, 0.4) is 0 Å². The zero-order valence-corrected chi connectivity index (χ0v) is 7.67. The van der Waals surface area contributed by atoms with E-state index in [0.717, 1.165) is 4.57 Å². The molecule has 1 heterocycles. The highest BCUT2D eigenvalue weighted by Gasteiger charge is 2.36. The van der Waals surface area contributed by atoms with Gasteiger partial charge in [0.25, 0.3) is 0 Å². The molecule has 0 spiro atoms. The summed E-state index contributed by atoms with van der Waals surface area (Å²) in [6.45, 7) is 2.00. The highest BCUT2D eigenvalue weighted by atomic mass is 32.1. The molecule has 0 bridgehead atoms. The monoisotopic (exact) mass is 211 g/mol. The van der Waals surface area contributed by atoms with Crippen LogP contribution in [0.2, 0.25) is 0 Å². The van der Waals surface area contributed by atoms with E-state index in [4.69, 9.17) is 0 Å². The predicted octanol–water partition coefficient (Wildman–Crippen LogP) is 2.37. The Morgan fingerprint density at radius 3 is 2.62 bits per heavy atom. The second-order valence-corrected chi connectivity index (χ2v) is 2.89. The van der Waals surface area contributed by atoms with Crippen molar-refractivity contribution in [3.63, 3.8) is 0 Å². The van der Waals surface area contributed by atoms with Gasteiger partial charge >= 0.3 is 6.18 Å². The normalized spacial score (nSPS) is 12.0. The van der Waals surface area contributed by atoms with Crippen LogP contribution >= 0.6 is 12.2 Å². The molecule has 13 heavy (non-hydrogen) atoms. The number of aromatic amines is 1. The number of nitrogens with zero attached hydrogens (tertiary/aromatic N) is 2. The lowest BCUT2D eigenvalue weighted by Gasteiger charge is -2.07. The van der Waals surface area contributed by atoms with Crippen LogP contribution in [0.5, 0.6) is 0 Å². The molecule has 1 rings (SSSR count). The van der Waals surface area contributed by atoms with Crippen LogP contribution in [0.25, 0.3) is 0 Å². The Balaban J connectivity index is 3.15. The maximum Gasteiger partial charge on any atom is 0.451 e. The third-order valence-corrected chi connectivity index (χ3v) is 1.77. The Morgan fingerprint density at radius 1 is 1.54 bits per heavy atom. The number of H-pyrrole nitrogens is 1. The number of nitrogens with one attached hydrogen (secondary N) is 1. The van der Waals surface area contributed by atoms with Crippen molar-refractivity contribution in [3.8, 4) is 0 Å². The van der Waals surface area contributed by atoms with Crippen molar-refractivity contribution in [1.29, 1.82) is 0 Å². The summed E-state index contributed by atoms with van der Waals surface area (Å²) in [5.74, 6) is -0.959. The molecule has 3 nitrogen and oxygen atoms in total. The van der Waals surface area contributed by atoms with E-state index in [0.29, 0.717) is 6.42 Å². The zero-order chi connectivity index (χ0) is 10.1. The van der Waals surface area contributed by atoms with E-state index in [9.17, 15) is 13.2 Å². The third kappa shape index (κ3) is 2.09. The second-order valence-electron chi connectivity index (χ2n) is 2.50. The fourth-order valence-corrected chi connectivity index (χ4v) is 1.19. The van der Waals surface area contributed by atoms with Crippen LogP contribution in [0, 0.1) is 4.77 Å². The van der Waals surface area contributed by atoms with Crippen molar-refractivity contribution in [2.24, 2.45) is 0 Å². The highest BCUT2D eigenvalue weighted by Crippen LogP contribution is 2.27. The van der Waals surface area contributed by atoms with E-state index in [-0.39, 0.29) is 11.3 Å². The van der Waals surface area contributed by atoms with Crippen LogP contribution < -0.4 is 0 Å². The quantitative estimate of drug-likeness (QED) is 0.762. The minimum atomic E-state index is -4.44. The van der Waals surface area contributed by atoms with Gasteiger partial charge in [-0.15, -0.1) is 5.10 Å². The van der Waals surface area contributed by atoms with Gasteiger partial charge in [0.05, 0.1) is 0 Å². The lowest BCUT2D eigenvalue weighted by molar-refractivity contribution is -0.147. The van der Waals surface area contributed by atoms with Crippen LogP contribution in [0.15, 0.2) is 0 Å². The van der Waals surface area contributed by atoms with Crippen LogP contribution in [-0.4, -0.2) is 14.8 Å². The third-order valence-electron chi connectivity index (χ3n) is 1.46. The molecule has 0 aliphatic heterocycles. The first-order valence-corrected chi connectivity index (χ1v) is 4.10. The molecule has 0 amide bonds. The zero-order valence-electron chi connectivity index (χ0n) is 6.85. The standard InChI is InChI=1S/C6H8F3N3S/c1-2-3-12-4(6(7,8)9)10-11-5(12)13/h2-3H2,1H3,(H,11,13). The van der Waals surface area contributed by atoms with Crippen LogP contribution in [0.4, 0.5) is 13.2 Å².